The van der Waals surface area contributed by atoms with Crippen LogP contribution in [0.5, 0.6) is 0 Å². The molecule has 0 saturated heterocycles. The lowest BCUT2D eigenvalue weighted by Gasteiger charge is -2.24. The van der Waals surface area contributed by atoms with Gasteiger partial charge in [0.25, 0.3) is 0 Å². The van der Waals surface area contributed by atoms with E-state index in [0.29, 0.717) is 15.5 Å². The fraction of sp³-hybridized carbons (Fsp3) is 0.571. The molecule has 3 heteroatoms. The Morgan fingerprint density at radius 3 is 2.41 bits per heavy atom. The van der Waals surface area contributed by atoms with Gasteiger partial charge in [0.15, 0.2) is 0 Å². The predicted octanol–water partition coefficient (Wildman–Crippen LogP) is 5.08. The van der Waals surface area contributed by atoms with Crippen LogP contribution in [0.1, 0.15) is 45.2 Å². The van der Waals surface area contributed by atoms with Crippen LogP contribution in [0, 0.1) is 5.41 Å². The summed E-state index contributed by atoms with van der Waals surface area (Å²) in [5.74, 6) is 0. The molecule has 1 nitrogen and oxygen atoms in total. The Kier molecular flexibility index (Phi) is 5.30. The van der Waals surface area contributed by atoms with E-state index in [0.717, 1.165) is 18.4 Å². The molecule has 0 amide bonds. The minimum absolute atomic E-state index is 0.264. The molecule has 0 fully saturated rings. The van der Waals surface area contributed by atoms with Gasteiger partial charge in [0.1, 0.15) is 0 Å². The number of rotatable bonds is 4. The van der Waals surface area contributed by atoms with Gasteiger partial charge in [-0.1, -0.05) is 56.1 Å². The molecule has 0 heterocycles. The lowest BCUT2D eigenvalue weighted by Crippen LogP contribution is -2.19. The molecule has 0 radical (unpaired) electrons. The molecular formula is C14H21Cl2N. The van der Waals surface area contributed by atoms with Crippen LogP contribution in [0.3, 0.4) is 0 Å². The summed E-state index contributed by atoms with van der Waals surface area (Å²) in [6, 6.07) is 6.08. The maximum absolute atomic E-state index is 6.24. The van der Waals surface area contributed by atoms with E-state index in [-0.39, 0.29) is 6.04 Å². The molecule has 0 spiro atoms. The molecule has 17 heavy (non-hydrogen) atoms. The molecule has 1 aromatic rings. The fourth-order valence-electron chi connectivity index (χ4n) is 1.82. The zero-order valence-electron chi connectivity index (χ0n) is 11.0. The Hall–Kier alpha value is -0.240. The van der Waals surface area contributed by atoms with Gasteiger partial charge < -0.3 is 5.32 Å². The SMILES string of the molecule is CNC(CCC(C)(C)C)c1cccc(Cl)c1Cl. The first-order valence-corrected chi connectivity index (χ1v) is 6.72. The van der Waals surface area contributed by atoms with Crippen LogP contribution in [-0.2, 0) is 0 Å². The van der Waals surface area contributed by atoms with E-state index in [2.05, 4.69) is 26.1 Å². The van der Waals surface area contributed by atoms with Gasteiger partial charge in [-0.05, 0) is 36.9 Å². The monoisotopic (exact) mass is 273 g/mol. The molecule has 0 saturated carbocycles. The third-order valence-electron chi connectivity index (χ3n) is 2.89. The maximum atomic E-state index is 6.24. The highest BCUT2D eigenvalue weighted by atomic mass is 35.5. The van der Waals surface area contributed by atoms with E-state index < -0.39 is 0 Å². The molecule has 1 N–H and O–H groups in total. The summed E-state index contributed by atoms with van der Waals surface area (Å²) < 4.78 is 0. The molecule has 1 unspecified atom stereocenters. The molecule has 0 aromatic heterocycles. The van der Waals surface area contributed by atoms with Crippen molar-refractivity contribution in [1.82, 2.24) is 5.32 Å². The quantitative estimate of drug-likeness (QED) is 0.807. The normalized spacial score (nSPS) is 13.8. The highest BCUT2D eigenvalue weighted by molar-refractivity contribution is 6.42. The molecule has 0 aliphatic carbocycles. The second-order valence-electron chi connectivity index (χ2n) is 5.58. The van der Waals surface area contributed by atoms with E-state index in [9.17, 15) is 0 Å². The molecule has 96 valence electrons. The lowest BCUT2D eigenvalue weighted by atomic mass is 9.87. The second kappa shape index (κ2) is 6.08. The van der Waals surface area contributed by atoms with Crippen molar-refractivity contribution in [2.24, 2.45) is 5.41 Å². The van der Waals surface area contributed by atoms with Crippen molar-refractivity contribution in [1.29, 1.82) is 0 Å². The standard InChI is InChI=1S/C14H21Cl2N/c1-14(2,3)9-8-12(17-4)10-6-5-7-11(15)13(10)16/h5-7,12,17H,8-9H2,1-4H3. The topological polar surface area (TPSA) is 12.0 Å². The van der Waals surface area contributed by atoms with Crippen molar-refractivity contribution in [3.8, 4) is 0 Å². The van der Waals surface area contributed by atoms with E-state index in [1.165, 1.54) is 0 Å². The summed E-state index contributed by atoms with van der Waals surface area (Å²) in [4.78, 5) is 0. The molecular weight excluding hydrogens is 253 g/mol. The van der Waals surface area contributed by atoms with Gasteiger partial charge in [0.2, 0.25) is 0 Å². The van der Waals surface area contributed by atoms with Crippen molar-refractivity contribution >= 4 is 23.2 Å². The van der Waals surface area contributed by atoms with Gasteiger partial charge in [-0.25, -0.2) is 0 Å². The smallest absolute Gasteiger partial charge is 0.0640 e. The van der Waals surface area contributed by atoms with Gasteiger partial charge in [-0.15, -0.1) is 0 Å². The predicted molar refractivity (Wildman–Crippen MR) is 77.0 cm³/mol. The summed E-state index contributed by atoms with van der Waals surface area (Å²) in [5.41, 5.74) is 1.42. The van der Waals surface area contributed by atoms with Gasteiger partial charge >= 0.3 is 0 Å². The lowest BCUT2D eigenvalue weighted by molar-refractivity contribution is 0.338. The third kappa shape index (κ3) is 4.50. The van der Waals surface area contributed by atoms with Crippen LogP contribution in [0.2, 0.25) is 10.0 Å². The van der Waals surface area contributed by atoms with Crippen molar-refractivity contribution in [2.75, 3.05) is 7.05 Å². The summed E-state index contributed by atoms with van der Waals surface area (Å²) in [6.07, 6.45) is 2.20. The van der Waals surface area contributed by atoms with Crippen LogP contribution in [0.4, 0.5) is 0 Å². The largest absolute Gasteiger partial charge is 0.313 e. The molecule has 1 rings (SSSR count). The number of hydrogen-bond donors (Lipinski definition) is 1. The first-order chi connectivity index (χ1) is 7.85. The first kappa shape index (κ1) is 14.8. The Labute approximate surface area is 115 Å². The fourth-order valence-corrected chi connectivity index (χ4v) is 2.26. The minimum Gasteiger partial charge on any atom is -0.313 e. The average Bonchev–Trinajstić information content (AvgIpc) is 2.23. The highest BCUT2D eigenvalue weighted by Gasteiger charge is 2.18. The molecule has 0 bridgehead atoms. The van der Waals surface area contributed by atoms with Crippen molar-refractivity contribution in [3.05, 3.63) is 33.8 Å². The molecule has 0 aliphatic rings. The highest BCUT2D eigenvalue weighted by Crippen LogP contribution is 2.33. The van der Waals surface area contributed by atoms with Crippen LogP contribution < -0.4 is 5.32 Å². The zero-order chi connectivity index (χ0) is 13.1. The maximum Gasteiger partial charge on any atom is 0.0640 e. The van der Waals surface area contributed by atoms with E-state index in [1.807, 2.05) is 25.2 Å². The second-order valence-corrected chi connectivity index (χ2v) is 6.37. The van der Waals surface area contributed by atoms with E-state index in [4.69, 9.17) is 23.2 Å². The minimum atomic E-state index is 0.264. The third-order valence-corrected chi connectivity index (χ3v) is 3.72. The van der Waals surface area contributed by atoms with Crippen molar-refractivity contribution < 1.29 is 0 Å². The van der Waals surface area contributed by atoms with Gasteiger partial charge in [0.05, 0.1) is 10.0 Å². The van der Waals surface area contributed by atoms with Crippen molar-refractivity contribution in [3.63, 3.8) is 0 Å². The Balaban J connectivity index is 2.83. The average molecular weight is 274 g/mol. The van der Waals surface area contributed by atoms with Gasteiger partial charge in [-0.3, -0.25) is 0 Å². The summed E-state index contributed by atoms with van der Waals surface area (Å²) in [6.45, 7) is 6.75. The molecule has 1 aromatic carbocycles. The van der Waals surface area contributed by atoms with E-state index >= 15 is 0 Å². The number of nitrogens with one attached hydrogen (secondary N) is 1. The zero-order valence-corrected chi connectivity index (χ0v) is 12.5. The molecule has 0 aliphatic heterocycles. The number of hydrogen-bond acceptors (Lipinski definition) is 1. The van der Waals surface area contributed by atoms with Gasteiger partial charge in [0, 0.05) is 6.04 Å². The van der Waals surface area contributed by atoms with Crippen LogP contribution in [0.25, 0.3) is 0 Å². The number of halogens is 2. The van der Waals surface area contributed by atoms with Crippen LogP contribution in [0.15, 0.2) is 18.2 Å². The van der Waals surface area contributed by atoms with Gasteiger partial charge in [-0.2, -0.15) is 0 Å². The van der Waals surface area contributed by atoms with Crippen LogP contribution in [-0.4, -0.2) is 7.05 Å². The van der Waals surface area contributed by atoms with Crippen molar-refractivity contribution in [2.45, 2.75) is 39.7 Å². The Bertz CT molecular complexity index is 369. The summed E-state index contributed by atoms with van der Waals surface area (Å²) >= 11 is 12.3. The Morgan fingerprint density at radius 1 is 1.24 bits per heavy atom. The van der Waals surface area contributed by atoms with Crippen LogP contribution >= 0.6 is 23.2 Å². The molecule has 1 atom stereocenters. The Morgan fingerprint density at radius 2 is 1.88 bits per heavy atom. The summed E-state index contributed by atoms with van der Waals surface area (Å²) in [7, 11) is 1.96. The van der Waals surface area contributed by atoms with E-state index in [1.54, 1.807) is 0 Å². The summed E-state index contributed by atoms with van der Waals surface area (Å²) in [5, 5.41) is 4.61. The first-order valence-electron chi connectivity index (χ1n) is 5.96. The number of benzene rings is 1.